The minimum atomic E-state index is -4.59. The van der Waals surface area contributed by atoms with Crippen molar-refractivity contribution in [2.75, 3.05) is 0 Å². The molecule has 0 atom stereocenters. The van der Waals surface area contributed by atoms with E-state index in [2.05, 4.69) is 4.98 Å². The number of hydrogen-bond acceptors (Lipinski definition) is 2. The Morgan fingerprint density at radius 1 is 1.10 bits per heavy atom. The Balaban J connectivity index is 2.58. The van der Waals surface area contributed by atoms with Crippen LogP contribution in [0, 0.1) is 5.82 Å². The van der Waals surface area contributed by atoms with Crippen molar-refractivity contribution < 1.29 is 22.7 Å². The Morgan fingerprint density at radius 3 is 2.29 bits per heavy atom. The molecule has 0 aliphatic rings. The van der Waals surface area contributed by atoms with Crippen LogP contribution in [0.3, 0.4) is 0 Å². The topological polar surface area (TPSA) is 33.1 Å². The van der Waals surface area contributed by atoms with Gasteiger partial charge in [-0.05, 0) is 23.8 Å². The Kier molecular flexibility index (Phi) is 4.41. The number of aliphatic hydroxyl groups excluding tert-OH is 1. The van der Waals surface area contributed by atoms with Crippen LogP contribution in [0.15, 0.2) is 24.4 Å². The van der Waals surface area contributed by atoms with Crippen molar-refractivity contribution in [1.29, 1.82) is 0 Å². The second-order valence-corrected chi connectivity index (χ2v) is 4.95. The monoisotopic (exact) mass is 339 g/mol. The lowest BCUT2D eigenvalue weighted by molar-refractivity contribution is -0.137. The molecule has 0 amide bonds. The number of halogens is 6. The van der Waals surface area contributed by atoms with Crippen molar-refractivity contribution in [1.82, 2.24) is 4.98 Å². The van der Waals surface area contributed by atoms with Crippen LogP contribution in [-0.2, 0) is 12.8 Å². The van der Waals surface area contributed by atoms with E-state index in [4.69, 9.17) is 28.3 Å². The summed E-state index contributed by atoms with van der Waals surface area (Å²) in [6.45, 7) is -0.454. The molecule has 0 saturated heterocycles. The highest BCUT2D eigenvalue weighted by Gasteiger charge is 2.31. The largest absolute Gasteiger partial charge is 0.417 e. The van der Waals surface area contributed by atoms with Gasteiger partial charge in [0.1, 0.15) is 5.82 Å². The maximum absolute atomic E-state index is 13.9. The summed E-state index contributed by atoms with van der Waals surface area (Å²) in [6.07, 6.45) is -4.03. The zero-order valence-electron chi connectivity index (χ0n) is 10.2. The summed E-state index contributed by atoms with van der Waals surface area (Å²) in [4.78, 5) is 3.56. The fraction of sp³-hybridized carbons (Fsp3) is 0.154. The van der Waals surface area contributed by atoms with Crippen molar-refractivity contribution in [3.8, 4) is 11.3 Å². The number of aliphatic hydroxyl groups is 1. The van der Waals surface area contributed by atoms with Gasteiger partial charge in [-0.25, -0.2) is 4.39 Å². The highest BCUT2D eigenvalue weighted by Crippen LogP contribution is 2.36. The highest BCUT2D eigenvalue weighted by atomic mass is 35.5. The Bertz CT molecular complexity index is 689. The molecule has 0 spiro atoms. The molecule has 0 fully saturated rings. The molecule has 2 rings (SSSR count). The Hall–Kier alpha value is -1.37. The lowest BCUT2D eigenvalue weighted by Gasteiger charge is -2.11. The van der Waals surface area contributed by atoms with Gasteiger partial charge in [0, 0.05) is 16.8 Å². The molecule has 1 aromatic carbocycles. The van der Waals surface area contributed by atoms with Gasteiger partial charge < -0.3 is 5.11 Å². The van der Waals surface area contributed by atoms with Gasteiger partial charge in [0.2, 0.25) is 0 Å². The average Bonchev–Trinajstić information content (AvgIpc) is 2.38. The molecule has 2 nitrogen and oxygen atoms in total. The van der Waals surface area contributed by atoms with Crippen molar-refractivity contribution in [2.45, 2.75) is 12.8 Å². The first kappa shape index (κ1) is 16.0. The van der Waals surface area contributed by atoms with E-state index >= 15 is 0 Å². The summed E-state index contributed by atoms with van der Waals surface area (Å²) >= 11 is 11.5. The molecule has 0 aliphatic heterocycles. The van der Waals surface area contributed by atoms with Gasteiger partial charge >= 0.3 is 6.18 Å². The molecular formula is C13H7Cl2F4NO. The second-order valence-electron chi connectivity index (χ2n) is 4.13. The third-order valence-corrected chi connectivity index (χ3v) is 3.37. The maximum Gasteiger partial charge on any atom is 0.417 e. The third-order valence-electron chi connectivity index (χ3n) is 2.73. The zero-order valence-corrected chi connectivity index (χ0v) is 11.7. The van der Waals surface area contributed by atoms with E-state index in [0.717, 1.165) is 6.07 Å². The van der Waals surface area contributed by atoms with Crippen LogP contribution in [0.25, 0.3) is 11.3 Å². The minimum Gasteiger partial charge on any atom is -0.392 e. The van der Waals surface area contributed by atoms with Gasteiger partial charge in [-0.1, -0.05) is 23.2 Å². The summed E-state index contributed by atoms with van der Waals surface area (Å²) in [5, 5.41) is 8.74. The van der Waals surface area contributed by atoms with E-state index < -0.39 is 24.2 Å². The lowest BCUT2D eigenvalue weighted by Crippen LogP contribution is -2.06. The van der Waals surface area contributed by atoms with Crippen LogP contribution in [0.1, 0.15) is 11.1 Å². The average molecular weight is 340 g/mol. The summed E-state index contributed by atoms with van der Waals surface area (Å²) in [5.41, 5.74) is -1.12. The highest BCUT2D eigenvalue weighted by molar-refractivity contribution is 6.33. The number of rotatable bonds is 2. The SMILES string of the molecule is OCc1cc(-c2ncc(C(F)(F)F)cc2Cl)c(F)cc1Cl. The minimum absolute atomic E-state index is 0.00165. The van der Waals surface area contributed by atoms with Crippen LogP contribution in [0.5, 0.6) is 0 Å². The van der Waals surface area contributed by atoms with Crippen molar-refractivity contribution in [3.05, 3.63) is 51.4 Å². The summed E-state index contributed by atoms with van der Waals surface area (Å²) in [7, 11) is 0. The molecule has 8 heteroatoms. The standard InChI is InChI=1S/C13H7Cl2F4NO/c14-9-3-11(16)8(1-6(9)5-21)12-10(15)2-7(4-20-12)13(17,18)19/h1-4,21H,5H2. The smallest absolute Gasteiger partial charge is 0.392 e. The second kappa shape index (κ2) is 5.79. The predicted molar refractivity (Wildman–Crippen MR) is 70.6 cm³/mol. The summed E-state index contributed by atoms with van der Waals surface area (Å²) in [5.74, 6) is -0.800. The van der Waals surface area contributed by atoms with E-state index in [-0.39, 0.29) is 26.9 Å². The van der Waals surface area contributed by atoms with Gasteiger partial charge in [-0.15, -0.1) is 0 Å². The fourth-order valence-electron chi connectivity index (χ4n) is 1.69. The number of benzene rings is 1. The first-order chi connectivity index (χ1) is 9.74. The van der Waals surface area contributed by atoms with Gasteiger partial charge in [-0.2, -0.15) is 13.2 Å². The first-order valence-electron chi connectivity index (χ1n) is 5.56. The normalized spacial score (nSPS) is 11.8. The van der Waals surface area contributed by atoms with Gasteiger partial charge in [0.25, 0.3) is 0 Å². The van der Waals surface area contributed by atoms with E-state index in [1.54, 1.807) is 0 Å². The van der Waals surface area contributed by atoms with E-state index in [1.165, 1.54) is 6.07 Å². The van der Waals surface area contributed by atoms with Crippen LogP contribution in [0.2, 0.25) is 10.0 Å². The molecule has 1 aromatic heterocycles. The van der Waals surface area contributed by atoms with E-state index in [0.29, 0.717) is 12.3 Å². The molecule has 2 aromatic rings. The Labute approximate surface area is 127 Å². The molecule has 1 N–H and O–H groups in total. The summed E-state index contributed by atoms with van der Waals surface area (Å²) in [6, 6.07) is 2.80. The molecule has 0 radical (unpaired) electrons. The van der Waals surface area contributed by atoms with Crippen molar-refractivity contribution in [3.63, 3.8) is 0 Å². The molecule has 0 aliphatic carbocycles. The van der Waals surface area contributed by atoms with Gasteiger partial charge in [-0.3, -0.25) is 4.98 Å². The zero-order chi connectivity index (χ0) is 15.8. The van der Waals surface area contributed by atoms with E-state index in [9.17, 15) is 17.6 Å². The maximum atomic E-state index is 13.9. The van der Waals surface area contributed by atoms with Crippen molar-refractivity contribution >= 4 is 23.2 Å². The summed E-state index contributed by atoms with van der Waals surface area (Å²) < 4.78 is 51.5. The number of pyridine rings is 1. The molecule has 1 heterocycles. The van der Waals surface area contributed by atoms with Crippen LogP contribution < -0.4 is 0 Å². The van der Waals surface area contributed by atoms with Gasteiger partial charge in [0.05, 0.1) is 22.9 Å². The number of alkyl halides is 3. The lowest BCUT2D eigenvalue weighted by atomic mass is 10.1. The quantitative estimate of drug-likeness (QED) is 0.804. The van der Waals surface area contributed by atoms with Crippen LogP contribution in [-0.4, -0.2) is 10.1 Å². The molecular weight excluding hydrogens is 333 g/mol. The number of nitrogens with zero attached hydrogens (tertiary/aromatic N) is 1. The molecule has 112 valence electrons. The molecule has 0 saturated carbocycles. The van der Waals surface area contributed by atoms with Crippen LogP contribution in [0.4, 0.5) is 17.6 Å². The predicted octanol–water partition coefficient (Wildman–Crippen LogP) is 4.71. The van der Waals surface area contributed by atoms with E-state index in [1.807, 2.05) is 0 Å². The van der Waals surface area contributed by atoms with Gasteiger partial charge in [0.15, 0.2) is 0 Å². The van der Waals surface area contributed by atoms with Crippen LogP contribution >= 0.6 is 23.2 Å². The third kappa shape index (κ3) is 3.28. The first-order valence-corrected chi connectivity index (χ1v) is 6.31. The molecule has 0 bridgehead atoms. The fourth-order valence-corrected chi connectivity index (χ4v) is 2.17. The Morgan fingerprint density at radius 2 is 1.76 bits per heavy atom. The molecule has 0 unspecified atom stereocenters. The van der Waals surface area contributed by atoms with Crippen molar-refractivity contribution in [2.24, 2.45) is 0 Å². The number of aromatic nitrogens is 1. The molecule has 21 heavy (non-hydrogen) atoms. The number of hydrogen-bond donors (Lipinski definition) is 1.